The van der Waals surface area contributed by atoms with E-state index >= 15 is 0 Å². The van der Waals surface area contributed by atoms with E-state index in [4.69, 9.17) is 11.6 Å². The minimum Gasteiger partial charge on any atom is -0.352 e. The molecule has 2 rings (SSSR count). The summed E-state index contributed by atoms with van der Waals surface area (Å²) < 4.78 is 39.5. The second kappa shape index (κ2) is 7.47. The maximum Gasteiger partial charge on any atom is 0.433 e. The van der Waals surface area contributed by atoms with Crippen molar-refractivity contribution in [1.82, 2.24) is 9.97 Å². The number of anilines is 3. The van der Waals surface area contributed by atoms with Crippen LogP contribution in [0.25, 0.3) is 0 Å². The fourth-order valence-electron chi connectivity index (χ4n) is 2.19. The van der Waals surface area contributed by atoms with E-state index in [1.807, 2.05) is 20.8 Å². The number of alkyl halides is 3. The summed E-state index contributed by atoms with van der Waals surface area (Å²) in [6.07, 6.45) is -3.83. The predicted molar refractivity (Wildman–Crippen MR) is 94.6 cm³/mol. The largest absolute Gasteiger partial charge is 0.433 e. The fourth-order valence-corrected chi connectivity index (χ4v) is 2.34. The lowest BCUT2D eigenvalue weighted by atomic mass is 10.1. The molecular weight excluding hydrogens is 353 g/mol. The van der Waals surface area contributed by atoms with Gasteiger partial charge in [-0.2, -0.15) is 18.2 Å². The van der Waals surface area contributed by atoms with Crippen LogP contribution in [-0.2, 0) is 6.18 Å². The number of nitrogens with zero attached hydrogens (tertiary/aromatic N) is 2. The first-order valence-corrected chi connectivity index (χ1v) is 8.25. The molecule has 0 bridgehead atoms. The van der Waals surface area contributed by atoms with Crippen LogP contribution < -0.4 is 10.6 Å². The Bertz CT molecular complexity index is 762. The van der Waals surface area contributed by atoms with Gasteiger partial charge in [-0.25, -0.2) is 4.98 Å². The molecule has 0 spiro atoms. The molecular formula is C17H20ClF3N4. The molecule has 0 radical (unpaired) electrons. The van der Waals surface area contributed by atoms with Gasteiger partial charge >= 0.3 is 6.18 Å². The van der Waals surface area contributed by atoms with Gasteiger partial charge in [0, 0.05) is 22.8 Å². The molecule has 1 heterocycles. The molecule has 25 heavy (non-hydrogen) atoms. The summed E-state index contributed by atoms with van der Waals surface area (Å²) in [7, 11) is 0. The number of halogens is 4. The average Bonchev–Trinajstić information content (AvgIpc) is 2.54. The van der Waals surface area contributed by atoms with Crippen LogP contribution in [0, 0.1) is 13.8 Å². The van der Waals surface area contributed by atoms with Crippen molar-refractivity contribution in [3.63, 3.8) is 0 Å². The van der Waals surface area contributed by atoms with E-state index in [2.05, 4.69) is 20.6 Å². The zero-order valence-electron chi connectivity index (χ0n) is 14.4. The molecule has 136 valence electrons. The van der Waals surface area contributed by atoms with Gasteiger partial charge in [-0.3, -0.25) is 0 Å². The Hall–Kier alpha value is -2.02. The molecule has 8 heteroatoms. The normalized spacial score (nSPS) is 12.8. The Morgan fingerprint density at radius 2 is 1.88 bits per heavy atom. The van der Waals surface area contributed by atoms with Crippen LogP contribution in [0.5, 0.6) is 0 Å². The number of aromatic nitrogens is 2. The summed E-state index contributed by atoms with van der Waals surface area (Å²) in [5, 5.41) is 6.36. The molecule has 0 aliphatic heterocycles. The van der Waals surface area contributed by atoms with Gasteiger partial charge in [0.05, 0.1) is 0 Å². The van der Waals surface area contributed by atoms with Gasteiger partial charge in [-0.05, 0) is 44.4 Å². The lowest BCUT2D eigenvalue weighted by molar-refractivity contribution is -0.141. The molecule has 1 aromatic heterocycles. The minimum absolute atomic E-state index is 0.0500. The molecule has 4 nitrogen and oxygen atoms in total. The van der Waals surface area contributed by atoms with Crippen molar-refractivity contribution < 1.29 is 13.2 Å². The van der Waals surface area contributed by atoms with E-state index in [-0.39, 0.29) is 17.8 Å². The topological polar surface area (TPSA) is 49.8 Å². The number of hydrogen-bond donors (Lipinski definition) is 2. The molecule has 0 amide bonds. The fraction of sp³-hybridized carbons (Fsp3) is 0.412. The highest BCUT2D eigenvalue weighted by Gasteiger charge is 2.34. The van der Waals surface area contributed by atoms with Gasteiger partial charge in [0.2, 0.25) is 5.95 Å². The van der Waals surface area contributed by atoms with Gasteiger partial charge in [0.1, 0.15) is 5.82 Å². The maximum atomic E-state index is 13.2. The van der Waals surface area contributed by atoms with Crippen LogP contribution in [-0.4, -0.2) is 16.0 Å². The van der Waals surface area contributed by atoms with E-state index < -0.39 is 11.9 Å². The van der Waals surface area contributed by atoms with Crippen molar-refractivity contribution in [2.24, 2.45) is 0 Å². The molecule has 0 aliphatic rings. The van der Waals surface area contributed by atoms with E-state index in [1.165, 1.54) is 0 Å². The van der Waals surface area contributed by atoms with Crippen LogP contribution >= 0.6 is 11.6 Å². The highest BCUT2D eigenvalue weighted by atomic mass is 35.5. The molecule has 0 saturated carbocycles. The molecule has 2 aromatic rings. The van der Waals surface area contributed by atoms with Crippen molar-refractivity contribution in [2.75, 3.05) is 10.6 Å². The SMILES string of the molecule is CC[C@H](C)Nc1nc(Nc2c(C)ccc(Cl)c2C)cc(C(F)(F)F)n1. The van der Waals surface area contributed by atoms with Crippen molar-refractivity contribution in [1.29, 1.82) is 0 Å². The predicted octanol–water partition coefficient (Wildman–Crippen LogP) is 5.72. The Labute approximate surface area is 149 Å². The molecule has 2 N–H and O–H groups in total. The Morgan fingerprint density at radius 3 is 2.48 bits per heavy atom. The summed E-state index contributed by atoms with van der Waals surface area (Å²) in [6, 6.07) is 4.38. The van der Waals surface area contributed by atoms with Gasteiger partial charge in [-0.1, -0.05) is 24.6 Å². The first kappa shape index (κ1) is 19.3. The first-order valence-electron chi connectivity index (χ1n) is 7.87. The number of hydrogen-bond acceptors (Lipinski definition) is 4. The maximum absolute atomic E-state index is 13.2. The second-order valence-corrected chi connectivity index (χ2v) is 6.31. The van der Waals surface area contributed by atoms with Crippen molar-refractivity contribution in [2.45, 2.75) is 46.3 Å². The van der Waals surface area contributed by atoms with E-state index in [1.54, 1.807) is 19.1 Å². The third-order valence-corrected chi connectivity index (χ3v) is 4.27. The molecule has 0 fully saturated rings. The second-order valence-electron chi connectivity index (χ2n) is 5.90. The smallest absolute Gasteiger partial charge is 0.352 e. The van der Waals surface area contributed by atoms with Gasteiger partial charge in [-0.15, -0.1) is 0 Å². The third kappa shape index (κ3) is 4.75. The summed E-state index contributed by atoms with van der Waals surface area (Å²) in [5.74, 6) is -0.00870. The molecule has 0 saturated heterocycles. The number of benzene rings is 1. The Balaban J connectivity index is 2.46. The third-order valence-electron chi connectivity index (χ3n) is 3.86. The lowest BCUT2D eigenvalue weighted by Crippen LogP contribution is -2.19. The molecule has 1 atom stereocenters. The van der Waals surface area contributed by atoms with Gasteiger partial charge in [0.15, 0.2) is 5.69 Å². The van der Waals surface area contributed by atoms with Crippen LogP contribution in [0.1, 0.15) is 37.1 Å². The lowest BCUT2D eigenvalue weighted by Gasteiger charge is -2.17. The number of aryl methyl sites for hydroxylation is 1. The van der Waals surface area contributed by atoms with Crippen LogP contribution in [0.4, 0.5) is 30.6 Å². The monoisotopic (exact) mass is 372 g/mol. The quantitative estimate of drug-likeness (QED) is 0.704. The first-order chi connectivity index (χ1) is 11.6. The number of rotatable bonds is 5. The van der Waals surface area contributed by atoms with E-state index in [0.29, 0.717) is 10.7 Å². The van der Waals surface area contributed by atoms with E-state index in [0.717, 1.165) is 23.6 Å². The average molecular weight is 373 g/mol. The van der Waals surface area contributed by atoms with Crippen LogP contribution in [0.2, 0.25) is 5.02 Å². The zero-order valence-corrected chi connectivity index (χ0v) is 15.2. The minimum atomic E-state index is -4.57. The summed E-state index contributed by atoms with van der Waals surface area (Å²) in [5.41, 5.74) is 1.22. The van der Waals surface area contributed by atoms with Crippen molar-refractivity contribution in [3.05, 3.63) is 40.0 Å². The summed E-state index contributed by atoms with van der Waals surface area (Å²) in [6.45, 7) is 7.41. The Kier molecular flexibility index (Phi) is 5.77. The highest BCUT2D eigenvalue weighted by molar-refractivity contribution is 6.31. The van der Waals surface area contributed by atoms with Crippen molar-refractivity contribution >= 4 is 29.1 Å². The Morgan fingerprint density at radius 1 is 1.20 bits per heavy atom. The molecule has 0 unspecified atom stereocenters. The van der Waals surface area contributed by atoms with Gasteiger partial charge < -0.3 is 10.6 Å². The van der Waals surface area contributed by atoms with Gasteiger partial charge in [0.25, 0.3) is 0 Å². The standard InChI is InChI=1S/C17H20ClF3N4/c1-5-10(3)22-16-23-13(17(19,20)21)8-14(25-16)24-15-9(2)6-7-12(18)11(15)4/h6-8,10H,5H2,1-4H3,(H2,22,23,24,25)/t10-/m0/s1. The molecule has 0 aliphatic carbocycles. The van der Waals surface area contributed by atoms with Crippen LogP contribution in [0.3, 0.4) is 0 Å². The van der Waals surface area contributed by atoms with Crippen LogP contribution in [0.15, 0.2) is 18.2 Å². The summed E-state index contributed by atoms with van der Waals surface area (Å²) in [4.78, 5) is 7.75. The van der Waals surface area contributed by atoms with Crippen molar-refractivity contribution in [3.8, 4) is 0 Å². The number of nitrogens with one attached hydrogen (secondary N) is 2. The highest BCUT2D eigenvalue weighted by Crippen LogP contribution is 2.33. The zero-order chi connectivity index (χ0) is 18.8. The van der Waals surface area contributed by atoms with E-state index in [9.17, 15) is 13.2 Å². The summed E-state index contributed by atoms with van der Waals surface area (Å²) >= 11 is 6.11. The molecule has 1 aromatic carbocycles.